The summed E-state index contributed by atoms with van der Waals surface area (Å²) in [5, 5.41) is 2.88. The van der Waals surface area contributed by atoms with Crippen LogP contribution in [0.3, 0.4) is 0 Å². The fourth-order valence-corrected chi connectivity index (χ4v) is 2.40. The van der Waals surface area contributed by atoms with Crippen LogP contribution < -0.4 is 5.32 Å². The zero-order chi connectivity index (χ0) is 13.0. The second kappa shape index (κ2) is 5.96. The quantitative estimate of drug-likeness (QED) is 0.887. The summed E-state index contributed by atoms with van der Waals surface area (Å²) in [7, 11) is 2.12. The fourth-order valence-electron chi connectivity index (χ4n) is 2.40. The zero-order valence-electron chi connectivity index (χ0n) is 10.7. The molecule has 1 aliphatic heterocycles. The lowest BCUT2D eigenvalue weighted by Crippen LogP contribution is -2.31. The lowest BCUT2D eigenvalue weighted by atomic mass is 10.1. The molecule has 0 radical (unpaired) electrons. The minimum Gasteiger partial charge on any atom is -0.352 e. The molecule has 1 fully saturated rings. The summed E-state index contributed by atoms with van der Waals surface area (Å²) in [4.78, 5) is 14.1. The number of nitrogens with one attached hydrogen (secondary N) is 1. The minimum absolute atomic E-state index is 0.129. The van der Waals surface area contributed by atoms with Gasteiger partial charge in [0.1, 0.15) is 5.82 Å². The number of amides is 1. The van der Waals surface area contributed by atoms with Crippen LogP contribution in [0.25, 0.3) is 0 Å². The SMILES string of the molecule is CN1CCCC1CCNC(=O)c1ccc(F)cc1. The van der Waals surface area contributed by atoms with Gasteiger partial charge in [-0.3, -0.25) is 4.79 Å². The van der Waals surface area contributed by atoms with Gasteiger partial charge in [-0.2, -0.15) is 0 Å². The summed E-state index contributed by atoms with van der Waals surface area (Å²) in [6.07, 6.45) is 3.43. The molecule has 4 heteroatoms. The first-order chi connectivity index (χ1) is 8.66. The lowest BCUT2D eigenvalue weighted by molar-refractivity contribution is 0.0950. The molecule has 18 heavy (non-hydrogen) atoms. The Balaban J connectivity index is 1.76. The Bertz CT molecular complexity index is 405. The Morgan fingerprint density at radius 2 is 2.17 bits per heavy atom. The molecule has 0 saturated carbocycles. The molecule has 0 aromatic heterocycles. The molecule has 1 amide bonds. The standard InChI is InChI=1S/C14H19FN2O/c1-17-10-2-3-13(17)8-9-16-14(18)11-4-6-12(15)7-5-11/h4-7,13H,2-3,8-10H2,1H3,(H,16,18). The number of carbonyl (C=O) groups excluding carboxylic acids is 1. The molecule has 1 aromatic rings. The second-order valence-electron chi connectivity index (χ2n) is 4.83. The number of hydrogen-bond donors (Lipinski definition) is 1. The lowest BCUT2D eigenvalue weighted by Gasteiger charge is -2.19. The molecule has 98 valence electrons. The van der Waals surface area contributed by atoms with Crippen LogP contribution in [0, 0.1) is 5.82 Å². The van der Waals surface area contributed by atoms with Crippen LogP contribution in [0.4, 0.5) is 4.39 Å². The zero-order valence-corrected chi connectivity index (χ0v) is 10.7. The van der Waals surface area contributed by atoms with Gasteiger partial charge in [-0.05, 0) is 57.1 Å². The number of hydrogen-bond acceptors (Lipinski definition) is 2. The van der Waals surface area contributed by atoms with E-state index in [4.69, 9.17) is 0 Å². The molecule has 1 aliphatic rings. The predicted octanol–water partition coefficient (Wildman–Crippen LogP) is 2.04. The molecule has 1 unspecified atom stereocenters. The number of carbonyl (C=O) groups is 1. The molecule has 1 saturated heterocycles. The third-order valence-corrected chi connectivity index (χ3v) is 3.54. The minimum atomic E-state index is -0.320. The topological polar surface area (TPSA) is 32.3 Å². The van der Waals surface area contributed by atoms with Crippen molar-refractivity contribution in [3.63, 3.8) is 0 Å². The van der Waals surface area contributed by atoms with Crippen molar-refractivity contribution in [3.8, 4) is 0 Å². The highest BCUT2D eigenvalue weighted by Gasteiger charge is 2.20. The van der Waals surface area contributed by atoms with E-state index in [2.05, 4.69) is 17.3 Å². The van der Waals surface area contributed by atoms with E-state index in [0.717, 1.165) is 13.0 Å². The molecule has 1 atom stereocenters. The van der Waals surface area contributed by atoms with Crippen molar-refractivity contribution in [2.24, 2.45) is 0 Å². The van der Waals surface area contributed by atoms with Gasteiger partial charge in [0.05, 0.1) is 0 Å². The highest BCUT2D eigenvalue weighted by molar-refractivity contribution is 5.94. The van der Waals surface area contributed by atoms with Gasteiger partial charge in [-0.1, -0.05) is 0 Å². The van der Waals surface area contributed by atoms with Crippen LogP contribution in [0.15, 0.2) is 24.3 Å². The van der Waals surface area contributed by atoms with Crippen molar-refractivity contribution < 1.29 is 9.18 Å². The first-order valence-electron chi connectivity index (χ1n) is 6.41. The van der Waals surface area contributed by atoms with Crippen molar-refractivity contribution in [2.45, 2.75) is 25.3 Å². The van der Waals surface area contributed by atoms with Crippen LogP contribution in [-0.4, -0.2) is 37.0 Å². The van der Waals surface area contributed by atoms with Crippen LogP contribution in [0.2, 0.25) is 0 Å². The summed E-state index contributed by atoms with van der Waals surface area (Å²) < 4.78 is 12.7. The Labute approximate surface area is 107 Å². The highest BCUT2D eigenvalue weighted by Crippen LogP contribution is 2.17. The van der Waals surface area contributed by atoms with Gasteiger partial charge in [-0.25, -0.2) is 4.39 Å². The summed E-state index contributed by atoms with van der Waals surface area (Å²) in [6.45, 7) is 1.82. The van der Waals surface area contributed by atoms with E-state index in [1.54, 1.807) is 0 Å². The molecule has 0 aliphatic carbocycles. The number of likely N-dealkylation sites (tertiary alicyclic amines) is 1. The normalized spacial score (nSPS) is 20.0. The van der Waals surface area contributed by atoms with E-state index in [9.17, 15) is 9.18 Å². The molecule has 2 rings (SSSR count). The summed E-state index contributed by atoms with van der Waals surface area (Å²) in [5.41, 5.74) is 0.510. The molecule has 0 spiro atoms. The molecule has 1 aromatic carbocycles. The maximum atomic E-state index is 12.7. The van der Waals surface area contributed by atoms with Crippen molar-refractivity contribution in [1.82, 2.24) is 10.2 Å². The van der Waals surface area contributed by atoms with Crippen molar-refractivity contribution in [3.05, 3.63) is 35.6 Å². The van der Waals surface area contributed by atoms with Gasteiger partial charge in [0.15, 0.2) is 0 Å². The summed E-state index contributed by atoms with van der Waals surface area (Å²) in [5.74, 6) is -0.449. The average Bonchev–Trinajstić information content (AvgIpc) is 2.76. The Morgan fingerprint density at radius 1 is 1.44 bits per heavy atom. The molecule has 1 heterocycles. The van der Waals surface area contributed by atoms with Gasteiger partial charge in [0, 0.05) is 18.2 Å². The van der Waals surface area contributed by atoms with Gasteiger partial charge >= 0.3 is 0 Å². The van der Waals surface area contributed by atoms with Gasteiger partial charge in [0.2, 0.25) is 0 Å². The molecular formula is C14H19FN2O. The van der Waals surface area contributed by atoms with Gasteiger partial charge in [-0.15, -0.1) is 0 Å². The molecule has 0 bridgehead atoms. The third-order valence-electron chi connectivity index (χ3n) is 3.54. The average molecular weight is 250 g/mol. The van der Waals surface area contributed by atoms with Crippen molar-refractivity contribution in [1.29, 1.82) is 0 Å². The van der Waals surface area contributed by atoms with E-state index in [-0.39, 0.29) is 11.7 Å². The first kappa shape index (κ1) is 13.0. The van der Waals surface area contributed by atoms with Crippen LogP contribution in [0.5, 0.6) is 0 Å². The molecular weight excluding hydrogens is 231 g/mol. The van der Waals surface area contributed by atoms with E-state index in [1.807, 2.05) is 0 Å². The summed E-state index contributed by atoms with van der Waals surface area (Å²) >= 11 is 0. The highest BCUT2D eigenvalue weighted by atomic mass is 19.1. The smallest absolute Gasteiger partial charge is 0.251 e. The number of rotatable bonds is 4. The predicted molar refractivity (Wildman–Crippen MR) is 69.0 cm³/mol. The number of benzene rings is 1. The van der Waals surface area contributed by atoms with E-state index >= 15 is 0 Å². The van der Waals surface area contributed by atoms with Crippen molar-refractivity contribution >= 4 is 5.91 Å². The number of nitrogens with zero attached hydrogens (tertiary/aromatic N) is 1. The monoisotopic (exact) mass is 250 g/mol. The van der Waals surface area contributed by atoms with Crippen LogP contribution in [0.1, 0.15) is 29.6 Å². The molecule has 3 nitrogen and oxygen atoms in total. The first-order valence-corrected chi connectivity index (χ1v) is 6.41. The maximum absolute atomic E-state index is 12.7. The Morgan fingerprint density at radius 3 is 2.78 bits per heavy atom. The van der Waals surface area contributed by atoms with E-state index < -0.39 is 0 Å². The Kier molecular flexibility index (Phi) is 4.31. The van der Waals surface area contributed by atoms with Crippen LogP contribution >= 0.6 is 0 Å². The number of halogens is 1. The van der Waals surface area contributed by atoms with Crippen LogP contribution in [-0.2, 0) is 0 Å². The third kappa shape index (κ3) is 3.29. The second-order valence-corrected chi connectivity index (χ2v) is 4.83. The Hall–Kier alpha value is -1.42. The van der Waals surface area contributed by atoms with Gasteiger partial charge < -0.3 is 10.2 Å². The van der Waals surface area contributed by atoms with Crippen molar-refractivity contribution in [2.75, 3.05) is 20.1 Å². The fraction of sp³-hybridized carbons (Fsp3) is 0.500. The van der Waals surface area contributed by atoms with Gasteiger partial charge in [0.25, 0.3) is 5.91 Å². The van der Waals surface area contributed by atoms with E-state index in [1.165, 1.54) is 37.1 Å². The largest absolute Gasteiger partial charge is 0.352 e. The van der Waals surface area contributed by atoms with E-state index in [0.29, 0.717) is 18.2 Å². The molecule has 1 N–H and O–H groups in total. The maximum Gasteiger partial charge on any atom is 0.251 e. The summed E-state index contributed by atoms with van der Waals surface area (Å²) in [6, 6.07) is 6.21.